The third kappa shape index (κ3) is 4.98. The number of hydrogen-bond donors (Lipinski definition) is 2. The van der Waals surface area contributed by atoms with Gasteiger partial charge in [0.1, 0.15) is 11.4 Å². The van der Waals surface area contributed by atoms with Gasteiger partial charge in [-0.05, 0) is 63.4 Å². The van der Waals surface area contributed by atoms with Gasteiger partial charge >= 0.3 is 0 Å². The lowest BCUT2D eigenvalue weighted by molar-refractivity contribution is -0.127. The highest BCUT2D eigenvalue weighted by Crippen LogP contribution is 2.38. The number of anilines is 1. The number of carbonyl (C=O) groups excluding carboxylic acids is 2. The number of nitrogens with zero attached hydrogens (tertiary/aromatic N) is 4. The lowest BCUT2D eigenvalue weighted by Gasteiger charge is -2.32. The zero-order valence-corrected chi connectivity index (χ0v) is 20.6. The summed E-state index contributed by atoms with van der Waals surface area (Å²) < 4.78 is 1.73. The van der Waals surface area contributed by atoms with Gasteiger partial charge in [0.2, 0.25) is 5.91 Å². The van der Waals surface area contributed by atoms with Gasteiger partial charge in [-0.3, -0.25) is 9.59 Å². The van der Waals surface area contributed by atoms with Crippen LogP contribution in [0.3, 0.4) is 0 Å². The Morgan fingerprint density at radius 2 is 2.09 bits per heavy atom. The van der Waals surface area contributed by atoms with Crippen LogP contribution in [-0.4, -0.2) is 65.1 Å². The summed E-state index contributed by atoms with van der Waals surface area (Å²) in [4.78, 5) is 28.9. The Morgan fingerprint density at radius 1 is 1.29 bits per heavy atom. The van der Waals surface area contributed by atoms with E-state index < -0.39 is 5.91 Å². The Labute approximate surface area is 205 Å². The van der Waals surface area contributed by atoms with Crippen molar-refractivity contribution < 1.29 is 9.59 Å². The number of carbonyl (C=O) groups is 2. The first-order valence-corrected chi connectivity index (χ1v) is 12.2. The largest absolute Gasteiger partial charge is 0.383 e. The molecule has 2 aliphatic rings. The number of amides is 2. The average molecular weight is 485 g/mol. The van der Waals surface area contributed by atoms with Gasteiger partial charge in [0.25, 0.3) is 5.91 Å². The second-order valence-corrected chi connectivity index (χ2v) is 9.92. The second kappa shape index (κ2) is 10.2. The van der Waals surface area contributed by atoms with Crippen LogP contribution >= 0.6 is 11.6 Å². The van der Waals surface area contributed by atoms with Crippen molar-refractivity contribution in [2.24, 2.45) is 5.73 Å². The molecule has 4 N–H and O–H groups in total. The van der Waals surface area contributed by atoms with E-state index in [9.17, 15) is 9.59 Å². The highest BCUT2D eigenvalue weighted by atomic mass is 35.5. The molecule has 0 spiro atoms. The van der Waals surface area contributed by atoms with E-state index in [1.807, 2.05) is 42.1 Å². The number of halogens is 1. The molecule has 1 aromatic carbocycles. The van der Waals surface area contributed by atoms with Gasteiger partial charge in [-0.15, -0.1) is 0 Å². The minimum absolute atomic E-state index is 0.0200. The van der Waals surface area contributed by atoms with Crippen LogP contribution in [0.25, 0.3) is 0 Å². The van der Waals surface area contributed by atoms with Crippen LogP contribution < -0.4 is 11.5 Å². The van der Waals surface area contributed by atoms with Crippen LogP contribution in [0.15, 0.2) is 30.4 Å². The van der Waals surface area contributed by atoms with Crippen molar-refractivity contribution >= 4 is 29.2 Å². The van der Waals surface area contributed by atoms with Gasteiger partial charge in [0, 0.05) is 36.7 Å². The molecule has 2 aromatic rings. The molecule has 1 unspecified atom stereocenters. The van der Waals surface area contributed by atoms with Crippen LogP contribution in [-0.2, 0) is 17.6 Å². The summed E-state index contributed by atoms with van der Waals surface area (Å²) in [5.41, 5.74) is 15.5. The summed E-state index contributed by atoms with van der Waals surface area (Å²) >= 11 is 6.38. The predicted octanol–water partition coefficient (Wildman–Crippen LogP) is 2.77. The van der Waals surface area contributed by atoms with Crippen molar-refractivity contribution in [2.45, 2.75) is 44.1 Å². The quantitative estimate of drug-likeness (QED) is 0.612. The normalized spacial score (nSPS) is 20.6. The van der Waals surface area contributed by atoms with Crippen molar-refractivity contribution in [1.82, 2.24) is 19.6 Å². The number of benzene rings is 1. The first-order valence-electron chi connectivity index (χ1n) is 11.8. The lowest BCUT2D eigenvalue weighted by atomic mass is 9.81. The summed E-state index contributed by atoms with van der Waals surface area (Å²) in [6.45, 7) is 1.90. The number of likely N-dealkylation sites (tertiary alicyclic amines) is 1. The minimum atomic E-state index is -0.564. The molecule has 34 heavy (non-hydrogen) atoms. The van der Waals surface area contributed by atoms with Crippen molar-refractivity contribution in [2.75, 3.05) is 39.5 Å². The monoisotopic (exact) mass is 484 g/mol. The van der Waals surface area contributed by atoms with E-state index in [1.165, 1.54) is 5.56 Å². The van der Waals surface area contributed by atoms with Gasteiger partial charge in [-0.1, -0.05) is 29.8 Å². The molecule has 2 amide bonds. The van der Waals surface area contributed by atoms with Gasteiger partial charge in [0.15, 0.2) is 0 Å². The summed E-state index contributed by atoms with van der Waals surface area (Å²) in [5, 5.41) is 5.63. The van der Waals surface area contributed by atoms with Crippen LogP contribution in [0.2, 0.25) is 5.02 Å². The Morgan fingerprint density at radius 3 is 2.82 bits per heavy atom. The summed E-state index contributed by atoms with van der Waals surface area (Å²) in [6, 6.07) is 5.84. The zero-order valence-electron chi connectivity index (χ0n) is 19.8. The minimum Gasteiger partial charge on any atom is -0.383 e. The first kappa shape index (κ1) is 24.3. The molecule has 1 aromatic heterocycles. The molecule has 1 saturated heterocycles. The second-order valence-electron chi connectivity index (χ2n) is 9.52. The van der Waals surface area contributed by atoms with E-state index >= 15 is 0 Å². The standard InChI is InChI=1S/C25H33ClN6O2/c1-30(2)12-5-9-21(33)31-13-4-7-18(15-31)32-24(27)22(25(28)34)23(29-32)17-10-11-19-16(14-17)6-3-8-20(19)26/h3,5-6,8-9,17-18H,4,7,10-15,27H2,1-2H3,(H2,28,34)/b9-5+/t17?,18-/m1/s1. The Balaban J connectivity index is 1.58. The molecular formula is C25H33ClN6O2. The molecule has 0 saturated carbocycles. The molecule has 2 heterocycles. The van der Waals surface area contributed by atoms with Crippen molar-refractivity contribution in [3.05, 3.63) is 57.8 Å². The van der Waals surface area contributed by atoms with E-state index in [0.717, 1.165) is 42.7 Å². The zero-order chi connectivity index (χ0) is 24.4. The molecular weight excluding hydrogens is 452 g/mol. The van der Waals surface area contributed by atoms with E-state index in [2.05, 4.69) is 6.07 Å². The highest BCUT2D eigenvalue weighted by Gasteiger charge is 2.33. The summed E-state index contributed by atoms with van der Waals surface area (Å²) in [5.74, 6) is -0.256. The average Bonchev–Trinajstić information content (AvgIpc) is 3.16. The number of nitrogen functional groups attached to an aromatic ring is 1. The fraction of sp³-hybridized carbons (Fsp3) is 0.480. The van der Waals surface area contributed by atoms with E-state index in [4.69, 9.17) is 28.2 Å². The van der Waals surface area contributed by atoms with E-state index in [1.54, 1.807) is 10.8 Å². The fourth-order valence-electron chi connectivity index (χ4n) is 5.10. The maximum absolute atomic E-state index is 12.7. The molecule has 9 heteroatoms. The maximum Gasteiger partial charge on any atom is 0.254 e. The Kier molecular flexibility index (Phi) is 7.28. The first-order chi connectivity index (χ1) is 16.3. The topological polar surface area (TPSA) is 110 Å². The number of hydrogen-bond acceptors (Lipinski definition) is 5. The van der Waals surface area contributed by atoms with Crippen molar-refractivity contribution in [1.29, 1.82) is 0 Å². The number of nitrogens with two attached hydrogens (primary N) is 2. The van der Waals surface area contributed by atoms with Gasteiger partial charge in [-0.25, -0.2) is 4.68 Å². The Hall–Kier alpha value is -2.84. The predicted molar refractivity (Wildman–Crippen MR) is 134 cm³/mol. The molecule has 0 bridgehead atoms. The van der Waals surface area contributed by atoms with E-state index in [-0.39, 0.29) is 17.9 Å². The third-order valence-corrected chi connectivity index (χ3v) is 7.17. The number of rotatable bonds is 6. The van der Waals surface area contributed by atoms with Gasteiger partial charge < -0.3 is 21.3 Å². The lowest BCUT2D eigenvalue weighted by Crippen LogP contribution is -2.40. The SMILES string of the molecule is CN(C)C/C=C/C(=O)N1CCC[C@@H](n2nc(C3CCc4c(Cl)cccc4C3)c(C(N)=O)c2N)C1. The molecule has 2 atom stereocenters. The third-order valence-electron chi connectivity index (χ3n) is 6.82. The fourth-order valence-corrected chi connectivity index (χ4v) is 5.39. The molecule has 0 radical (unpaired) electrons. The number of primary amides is 1. The molecule has 1 aliphatic heterocycles. The summed E-state index contributed by atoms with van der Waals surface area (Å²) in [6.07, 6.45) is 7.53. The number of piperidine rings is 1. The van der Waals surface area contributed by atoms with Crippen LogP contribution in [0, 0.1) is 0 Å². The summed E-state index contributed by atoms with van der Waals surface area (Å²) in [7, 11) is 3.92. The highest BCUT2D eigenvalue weighted by molar-refractivity contribution is 6.31. The smallest absolute Gasteiger partial charge is 0.254 e. The van der Waals surface area contributed by atoms with Crippen molar-refractivity contribution in [3.8, 4) is 0 Å². The van der Waals surface area contributed by atoms with Crippen molar-refractivity contribution in [3.63, 3.8) is 0 Å². The molecule has 8 nitrogen and oxygen atoms in total. The van der Waals surface area contributed by atoms with Gasteiger partial charge in [0.05, 0.1) is 11.7 Å². The number of aromatic nitrogens is 2. The van der Waals surface area contributed by atoms with E-state index in [0.29, 0.717) is 36.7 Å². The van der Waals surface area contributed by atoms with Crippen LogP contribution in [0.1, 0.15) is 58.4 Å². The molecule has 1 aliphatic carbocycles. The van der Waals surface area contributed by atoms with Crippen LogP contribution in [0.4, 0.5) is 5.82 Å². The Bertz CT molecular complexity index is 1110. The van der Waals surface area contributed by atoms with Crippen LogP contribution in [0.5, 0.6) is 0 Å². The molecule has 182 valence electrons. The molecule has 4 rings (SSSR count). The maximum atomic E-state index is 12.7. The van der Waals surface area contributed by atoms with Gasteiger partial charge in [-0.2, -0.15) is 5.10 Å². The number of likely N-dealkylation sites (N-methyl/N-ethyl adjacent to an activating group) is 1. The number of fused-ring (bicyclic) bond motifs is 1. The molecule has 1 fully saturated rings.